The van der Waals surface area contributed by atoms with Crippen molar-refractivity contribution in [3.63, 3.8) is 0 Å². The summed E-state index contributed by atoms with van der Waals surface area (Å²) in [4.78, 5) is 28.8. The van der Waals surface area contributed by atoms with Crippen LogP contribution in [-0.4, -0.2) is 40.4 Å². The number of thioether (sulfide) groups is 1. The Morgan fingerprint density at radius 2 is 1.91 bits per heavy atom. The van der Waals surface area contributed by atoms with Gasteiger partial charge in [0, 0.05) is 35.0 Å². The largest absolute Gasteiger partial charge is 0.502 e. The molecule has 2 aromatic carbocycles. The van der Waals surface area contributed by atoms with Crippen LogP contribution in [0.25, 0.3) is 0 Å². The van der Waals surface area contributed by atoms with Crippen LogP contribution < -0.4 is 15.2 Å². The maximum Gasteiger partial charge on any atom is 0.277 e. The zero-order valence-corrected chi connectivity index (χ0v) is 19.2. The van der Waals surface area contributed by atoms with E-state index in [-0.39, 0.29) is 17.6 Å². The van der Waals surface area contributed by atoms with Crippen molar-refractivity contribution in [2.75, 3.05) is 24.8 Å². The highest BCUT2D eigenvalue weighted by Crippen LogP contribution is 2.48. The van der Waals surface area contributed by atoms with Crippen LogP contribution >= 0.6 is 11.8 Å². The van der Waals surface area contributed by atoms with Crippen LogP contribution in [0.15, 0.2) is 64.4 Å². The summed E-state index contributed by atoms with van der Waals surface area (Å²) < 4.78 is 8.13. The van der Waals surface area contributed by atoms with Crippen LogP contribution in [-0.2, 0) is 5.75 Å². The van der Waals surface area contributed by atoms with E-state index in [1.807, 2.05) is 18.2 Å². The van der Waals surface area contributed by atoms with Gasteiger partial charge in [-0.2, -0.15) is 0 Å². The molecular formula is C26H23N3O4S. The summed E-state index contributed by atoms with van der Waals surface area (Å²) in [6.45, 7) is 1.56. The van der Waals surface area contributed by atoms with Crippen LogP contribution in [0.3, 0.4) is 0 Å². The molecule has 1 aromatic heterocycles. The van der Waals surface area contributed by atoms with Crippen molar-refractivity contribution in [3.8, 4) is 11.5 Å². The second kappa shape index (κ2) is 7.30. The van der Waals surface area contributed by atoms with E-state index in [1.54, 1.807) is 27.5 Å². The summed E-state index contributed by atoms with van der Waals surface area (Å²) >= 11 is 1.79. The molecule has 4 aliphatic rings. The highest BCUT2D eigenvalue weighted by atomic mass is 32.2. The average Bonchev–Trinajstić information content (AvgIpc) is 3.61. The summed E-state index contributed by atoms with van der Waals surface area (Å²) in [5.41, 5.74) is 2.87. The maximum atomic E-state index is 13.5. The van der Waals surface area contributed by atoms with Crippen molar-refractivity contribution in [2.45, 2.75) is 23.1 Å². The predicted octanol–water partition coefficient (Wildman–Crippen LogP) is 3.33. The lowest BCUT2D eigenvalue weighted by Crippen LogP contribution is -2.56. The molecule has 8 heteroatoms. The summed E-state index contributed by atoms with van der Waals surface area (Å²) in [5.74, 6) is 1.63. The number of aromatic nitrogens is 1. The third-order valence-electron chi connectivity index (χ3n) is 7.44. The molecule has 3 aromatic rings. The van der Waals surface area contributed by atoms with Crippen molar-refractivity contribution in [1.29, 1.82) is 0 Å². The van der Waals surface area contributed by atoms with Crippen LogP contribution in [0, 0.1) is 11.8 Å². The lowest BCUT2D eigenvalue weighted by Gasteiger charge is -2.44. The molecule has 172 valence electrons. The first-order valence-electron chi connectivity index (χ1n) is 11.6. The van der Waals surface area contributed by atoms with E-state index in [2.05, 4.69) is 29.3 Å². The number of hydrogen-bond acceptors (Lipinski definition) is 6. The van der Waals surface area contributed by atoms with Gasteiger partial charge in [-0.1, -0.05) is 30.3 Å². The number of aromatic hydroxyl groups is 1. The summed E-state index contributed by atoms with van der Waals surface area (Å²) in [5, 5.41) is 12.8. The smallest absolute Gasteiger partial charge is 0.277 e. The fourth-order valence-corrected chi connectivity index (χ4v) is 6.65. The topological polar surface area (TPSA) is 75.0 Å². The molecule has 0 radical (unpaired) electrons. The third kappa shape index (κ3) is 2.91. The third-order valence-corrected chi connectivity index (χ3v) is 8.58. The molecule has 7 rings (SSSR count). The van der Waals surface area contributed by atoms with E-state index < -0.39 is 11.2 Å². The van der Waals surface area contributed by atoms with Crippen LogP contribution in [0.2, 0.25) is 0 Å². The number of carbonyl (C=O) groups excluding carboxylic acids is 1. The monoisotopic (exact) mass is 473 g/mol. The Labute approximate surface area is 200 Å². The number of rotatable bonds is 0. The Hall–Kier alpha value is -3.39. The van der Waals surface area contributed by atoms with Gasteiger partial charge in [0.15, 0.2) is 11.4 Å². The number of nitrogens with zero attached hydrogens (tertiary/aromatic N) is 3. The Morgan fingerprint density at radius 3 is 2.82 bits per heavy atom. The fraction of sp³-hybridized carbons (Fsp3) is 0.308. The van der Waals surface area contributed by atoms with Gasteiger partial charge in [0.25, 0.3) is 5.91 Å². The number of hydrogen-bond donors (Lipinski definition) is 1. The molecule has 0 saturated heterocycles. The first kappa shape index (κ1) is 20.0. The van der Waals surface area contributed by atoms with Crippen molar-refractivity contribution < 1.29 is 14.6 Å². The highest BCUT2D eigenvalue weighted by Gasteiger charge is 2.45. The van der Waals surface area contributed by atoms with Gasteiger partial charge in [0.1, 0.15) is 18.5 Å². The van der Waals surface area contributed by atoms with Crippen molar-refractivity contribution in [2.24, 2.45) is 11.8 Å². The quantitative estimate of drug-likeness (QED) is 0.540. The second-order valence-corrected chi connectivity index (χ2v) is 10.5. The van der Waals surface area contributed by atoms with Gasteiger partial charge >= 0.3 is 0 Å². The molecule has 3 atom stereocenters. The predicted molar refractivity (Wildman–Crippen MR) is 128 cm³/mol. The Balaban J connectivity index is 1.53. The normalized spacial score (nSPS) is 24.5. The Kier molecular flexibility index (Phi) is 4.30. The van der Waals surface area contributed by atoms with Crippen LogP contribution in [0.5, 0.6) is 11.5 Å². The Morgan fingerprint density at radius 1 is 1.03 bits per heavy atom. The molecule has 2 bridgehead atoms. The summed E-state index contributed by atoms with van der Waals surface area (Å²) in [7, 11) is 0. The molecular weight excluding hydrogens is 450 g/mol. The number of amides is 1. The minimum absolute atomic E-state index is 0.0320. The van der Waals surface area contributed by atoms with Crippen LogP contribution in [0.1, 0.15) is 39.6 Å². The molecule has 0 spiro atoms. The van der Waals surface area contributed by atoms with Gasteiger partial charge in [-0.3, -0.25) is 19.3 Å². The van der Waals surface area contributed by atoms with Gasteiger partial charge in [-0.25, -0.2) is 0 Å². The number of carbonyl (C=O) groups is 1. The van der Waals surface area contributed by atoms with Gasteiger partial charge in [-0.15, -0.1) is 11.8 Å². The molecule has 1 fully saturated rings. The fourth-order valence-electron chi connectivity index (χ4n) is 5.56. The SMILES string of the molecule is O=C1c2c(O)c(=O)ccn2N2CN1CC1CC1COc1cccc3c1C2c1ccccc1SC3. The number of fused-ring (bicyclic) bond motifs is 8. The number of benzene rings is 2. The minimum atomic E-state index is -0.545. The minimum Gasteiger partial charge on any atom is -0.502 e. The molecule has 4 heterocycles. The highest BCUT2D eigenvalue weighted by molar-refractivity contribution is 7.98. The first-order valence-corrected chi connectivity index (χ1v) is 12.6. The van der Waals surface area contributed by atoms with Crippen LogP contribution in [0.4, 0.5) is 0 Å². The first-order chi connectivity index (χ1) is 16.6. The zero-order chi connectivity index (χ0) is 23.0. The molecule has 1 N–H and O–H groups in total. The average molecular weight is 474 g/mol. The van der Waals surface area contributed by atoms with E-state index >= 15 is 0 Å². The summed E-state index contributed by atoms with van der Waals surface area (Å²) in [6, 6.07) is 15.6. The van der Waals surface area contributed by atoms with E-state index in [0.717, 1.165) is 29.1 Å². The maximum absolute atomic E-state index is 13.5. The van der Waals surface area contributed by atoms with E-state index in [9.17, 15) is 14.7 Å². The summed E-state index contributed by atoms with van der Waals surface area (Å²) in [6.07, 6.45) is 2.62. The van der Waals surface area contributed by atoms with Crippen molar-refractivity contribution in [3.05, 3.63) is 87.3 Å². The number of ether oxygens (including phenoxy) is 1. The van der Waals surface area contributed by atoms with E-state index in [0.29, 0.717) is 31.7 Å². The molecule has 3 aliphatic heterocycles. The van der Waals surface area contributed by atoms with E-state index in [4.69, 9.17) is 4.74 Å². The number of pyridine rings is 1. The van der Waals surface area contributed by atoms with Crippen molar-refractivity contribution >= 4 is 17.7 Å². The molecule has 1 amide bonds. The molecule has 3 unspecified atom stereocenters. The molecule has 1 saturated carbocycles. The standard InChI is InChI=1S/C26H23N3O4S/c30-19-8-9-28-24(25(19)31)26(32)27-11-16-10-17(16)12-33-20-6-3-4-15-13-34-21-7-2-1-5-18(21)23(22(15)20)29(28)14-27/h1-9,16-17,23,31H,10-14H2. The van der Waals surface area contributed by atoms with Gasteiger partial charge in [-0.05, 0) is 41.5 Å². The van der Waals surface area contributed by atoms with Gasteiger partial charge < -0.3 is 14.7 Å². The molecule has 7 nitrogen and oxygen atoms in total. The lowest BCUT2D eigenvalue weighted by molar-refractivity contribution is 0.0667. The van der Waals surface area contributed by atoms with Gasteiger partial charge in [0.05, 0.1) is 6.61 Å². The Bertz CT molecular complexity index is 1400. The van der Waals surface area contributed by atoms with E-state index in [1.165, 1.54) is 16.5 Å². The van der Waals surface area contributed by atoms with Crippen molar-refractivity contribution in [1.82, 2.24) is 9.58 Å². The molecule has 34 heavy (non-hydrogen) atoms. The second-order valence-electron chi connectivity index (χ2n) is 9.46. The lowest BCUT2D eigenvalue weighted by atomic mass is 9.93. The molecule has 1 aliphatic carbocycles. The van der Waals surface area contributed by atoms with Gasteiger partial charge in [0.2, 0.25) is 5.43 Å². The zero-order valence-electron chi connectivity index (χ0n) is 18.4.